The summed E-state index contributed by atoms with van der Waals surface area (Å²) < 4.78 is 26.5. The number of aryl methyl sites for hydroxylation is 2. The zero-order chi connectivity index (χ0) is 28.6. The second-order valence-corrected chi connectivity index (χ2v) is 12.9. The van der Waals surface area contributed by atoms with E-state index in [4.69, 9.17) is 23.2 Å². The highest BCUT2D eigenvalue weighted by Crippen LogP contribution is 2.25. The van der Waals surface area contributed by atoms with Crippen LogP contribution in [0, 0.1) is 19.8 Å². The van der Waals surface area contributed by atoms with Crippen LogP contribution in [-0.4, -0.2) is 50.5 Å². The molecule has 2 aromatic carbocycles. The molecule has 2 aromatic rings. The van der Waals surface area contributed by atoms with Gasteiger partial charge in [-0.1, -0.05) is 56.1 Å². The molecule has 0 aliphatic carbocycles. The molecule has 10 heteroatoms. The molecule has 0 bridgehead atoms. The maximum Gasteiger partial charge on any atom is 0.242 e. The summed E-state index contributed by atoms with van der Waals surface area (Å²) >= 11 is 12.5. The summed E-state index contributed by atoms with van der Waals surface area (Å²) in [6.45, 7) is 10.5. The fraction of sp³-hybridized carbons (Fsp3) is 0.500. The van der Waals surface area contributed by atoms with Gasteiger partial charge >= 0.3 is 0 Å². The summed E-state index contributed by atoms with van der Waals surface area (Å²) in [4.78, 5) is 28.2. The molecule has 7 nitrogen and oxygen atoms in total. The lowest BCUT2D eigenvalue weighted by atomic mass is 10.1. The van der Waals surface area contributed by atoms with Crippen molar-refractivity contribution in [3.63, 3.8) is 0 Å². The standard InChI is InChI=1S/C28H39Cl2N3O4S/c1-7-26(28(35)31-17-19(2)3)32(18-22-10-11-23(29)16-25(22)30)27(34)9-8-12-33(38(6,36)37)24-14-20(4)13-21(5)15-24/h10-11,13-16,19,26H,7-9,12,17-18H2,1-6H3,(H,31,35). The van der Waals surface area contributed by atoms with Crippen LogP contribution in [0.5, 0.6) is 0 Å². The highest BCUT2D eigenvalue weighted by molar-refractivity contribution is 7.92. The second-order valence-electron chi connectivity index (χ2n) is 10.1. The Labute approximate surface area is 237 Å². The van der Waals surface area contributed by atoms with E-state index in [2.05, 4.69) is 5.32 Å². The molecule has 0 aliphatic rings. The van der Waals surface area contributed by atoms with Crippen LogP contribution in [0.15, 0.2) is 36.4 Å². The van der Waals surface area contributed by atoms with E-state index in [0.717, 1.165) is 17.4 Å². The van der Waals surface area contributed by atoms with Crippen LogP contribution in [0.25, 0.3) is 0 Å². The third-order valence-electron chi connectivity index (χ3n) is 6.07. The monoisotopic (exact) mass is 583 g/mol. The van der Waals surface area contributed by atoms with Crippen LogP contribution in [0.3, 0.4) is 0 Å². The molecule has 210 valence electrons. The van der Waals surface area contributed by atoms with E-state index in [1.807, 2.05) is 52.8 Å². The molecule has 0 aromatic heterocycles. The molecule has 0 aliphatic heterocycles. The number of carbonyl (C=O) groups is 2. The Hall–Kier alpha value is -2.29. The molecule has 2 amide bonds. The highest BCUT2D eigenvalue weighted by Gasteiger charge is 2.29. The Morgan fingerprint density at radius 2 is 1.66 bits per heavy atom. The van der Waals surface area contributed by atoms with Gasteiger partial charge in [0.25, 0.3) is 0 Å². The number of carbonyl (C=O) groups excluding carboxylic acids is 2. The number of nitrogens with one attached hydrogen (secondary N) is 1. The minimum absolute atomic E-state index is 0.0655. The molecule has 2 rings (SSSR count). The maximum atomic E-state index is 13.6. The first-order valence-corrected chi connectivity index (χ1v) is 15.4. The molecule has 38 heavy (non-hydrogen) atoms. The van der Waals surface area contributed by atoms with Gasteiger partial charge in [0.15, 0.2) is 0 Å². The summed E-state index contributed by atoms with van der Waals surface area (Å²) in [7, 11) is -3.56. The topological polar surface area (TPSA) is 86.8 Å². The largest absolute Gasteiger partial charge is 0.354 e. The molecule has 1 atom stereocenters. The third kappa shape index (κ3) is 9.47. The number of anilines is 1. The summed E-state index contributed by atoms with van der Waals surface area (Å²) in [6, 6.07) is 9.96. The normalized spacial score (nSPS) is 12.3. The van der Waals surface area contributed by atoms with Gasteiger partial charge in [0.2, 0.25) is 21.8 Å². The van der Waals surface area contributed by atoms with Crippen LogP contribution in [-0.2, 0) is 26.2 Å². The van der Waals surface area contributed by atoms with Crippen LogP contribution in [0.2, 0.25) is 10.0 Å². The molecular weight excluding hydrogens is 545 g/mol. The molecular formula is C28H39Cl2N3O4S. The lowest BCUT2D eigenvalue weighted by molar-refractivity contribution is -0.141. The Kier molecular flexibility index (Phi) is 11.9. The molecule has 0 saturated carbocycles. The number of benzene rings is 2. The summed E-state index contributed by atoms with van der Waals surface area (Å²) in [5.41, 5.74) is 3.15. The Bertz CT molecular complexity index is 1210. The van der Waals surface area contributed by atoms with Crippen LogP contribution in [0.4, 0.5) is 5.69 Å². The van der Waals surface area contributed by atoms with Crippen LogP contribution in [0.1, 0.15) is 56.7 Å². The fourth-order valence-electron chi connectivity index (χ4n) is 4.27. The fourth-order valence-corrected chi connectivity index (χ4v) is 5.69. The molecule has 1 unspecified atom stereocenters. The molecule has 0 fully saturated rings. The lowest BCUT2D eigenvalue weighted by Crippen LogP contribution is -2.49. The lowest BCUT2D eigenvalue weighted by Gasteiger charge is -2.31. The van der Waals surface area contributed by atoms with Crippen molar-refractivity contribution in [3.05, 3.63) is 63.1 Å². The van der Waals surface area contributed by atoms with Crippen molar-refractivity contribution in [2.75, 3.05) is 23.7 Å². The van der Waals surface area contributed by atoms with Crippen LogP contribution >= 0.6 is 23.2 Å². The Morgan fingerprint density at radius 3 is 2.18 bits per heavy atom. The SMILES string of the molecule is CCC(C(=O)NCC(C)C)N(Cc1ccc(Cl)cc1Cl)C(=O)CCCN(c1cc(C)cc(C)c1)S(C)(=O)=O. The highest BCUT2D eigenvalue weighted by atomic mass is 35.5. The van der Waals surface area contributed by atoms with Crippen molar-refractivity contribution >= 4 is 50.7 Å². The predicted molar refractivity (Wildman–Crippen MR) is 156 cm³/mol. The molecule has 0 radical (unpaired) electrons. The summed E-state index contributed by atoms with van der Waals surface area (Å²) in [5, 5.41) is 3.82. The van der Waals surface area contributed by atoms with E-state index in [9.17, 15) is 18.0 Å². The zero-order valence-electron chi connectivity index (χ0n) is 23.1. The van der Waals surface area contributed by atoms with Gasteiger partial charge in [-0.2, -0.15) is 0 Å². The first-order valence-electron chi connectivity index (χ1n) is 12.8. The van der Waals surface area contributed by atoms with E-state index >= 15 is 0 Å². The van der Waals surface area contributed by atoms with E-state index < -0.39 is 16.1 Å². The van der Waals surface area contributed by atoms with E-state index in [1.165, 1.54) is 9.21 Å². The number of hydrogen-bond acceptors (Lipinski definition) is 4. The minimum atomic E-state index is -3.56. The second kappa shape index (κ2) is 14.2. The number of rotatable bonds is 13. The van der Waals surface area contributed by atoms with E-state index in [1.54, 1.807) is 18.2 Å². The number of halogens is 2. The number of sulfonamides is 1. The van der Waals surface area contributed by atoms with Gasteiger partial charge < -0.3 is 10.2 Å². The quantitative estimate of drug-likeness (QED) is 0.326. The number of hydrogen-bond donors (Lipinski definition) is 1. The van der Waals surface area contributed by atoms with Crippen molar-refractivity contribution < 1.29 is 18.0 Å². The van der Waals surface area contributed by atoms with Crippen molar-refractivity contribution in [1.29, 1.82) is 0 Å². The molecule has 0 saturated heterocycles. The Balaban J connectivity index is 2.27. The average molecular weight is 585 g/mol. The summed E-state index contributed by atoms with van der Waals surface area (Å²) in [6.07, 6.45) is 1.93. The van der Waals surface area contributed by atoms with Gasteiger partial charge in [-0.25, -0.2) is 8.42 Å². The Morgan fingerprint density at radius 1 is 1.03 bits per heavy atom. The van der Waals surface area contributed by atoms with Gasteiger partial charge in [0, 0.05) is 36.1 Å². The predicted octanol–water partition coefficient (Wildman–Crippen LogP) is 5.74. The van der Waals surface area contributed by atoms with Crippen molar-refractivity contribution in [2.24, 2.45) is 5.92 Å². The summed E-state index contributed by atoms with van der Waals surface area (Å²) in [5.74, 6) is -0.220. The van der Waals surface area contributed by atoms with Gasteiger partial charge in [0.05, 0.1) is 11.9 Å². The smallest absolute Gasteiger partial charge is 0.242 e. The first kappa shape index (κ1) is 31.9. The van der Waals surface area contributed by atoms with Gasteiger partial charge in [0.1, 0.15) is 6.04 Å². The molecule has 0 spiro atoms. The van der Waals surface area contributed by atoms with Crippen molar-refractivity contribution in [3.8, 4) is 0 Å². The number of amides is 2. The van der Waals surface area contributed by atoms with Gasteiger partial charge in [-0.3, -0.25) is 13.9 Å². The van der Waals surface area contributed by atoms with Crippen molar-refractivity contribution in [2.45, 2.75) is 66.5 Å². The van der Waals surface area contributed by atoms with Gasteiger partial charge in [-0.05, 0) is 73.6 Å². The zero-order valence-corrected chi connectivity index (χ0v) is 25.4. The maximum absolute atomic E-state index is 13.6. The molecule has 0 heterocycles. The number of nitrogens with zero attached hydrogens (tertiary/aromatic N) is 2. The van der Waals surface area contributed by atoms with Crippen LogP contribution < -0.4 is 9.62 Å². The van der Waals surface area contributed by atoms with Gasteiger partial charge in [-0.15, -0.1) is 0 Å². The van der Waals surface area contributed by atoms with Crippen molar-refractivity contribution in [1.82, 2.24) is 10.2 Å². The molecule has 1 N–H and O–H groups in total. The minimum Gasteiger partial charge on any atom is -0.354 e. The first-order chi connectivity index (χ1) is 17.7. The van der Waals surface area contributed by atoms with E-state index in [-0.39, 0.29) is 43.7 Å². The van der Waals surface area contributed by atoms with E-state index in [0.29, 0.717) is 34.3 Å². The average Bonchev–Trinajstić information content (AvgIpc) is 2.80. The third-order valence-corrected chi connectivity index (χ3v) is 7.85.